The molecule has 0 fully saturated rings. The van der Waals surface area contributed by atoms with E-state index >= 15 is 0 Å². The molecule has 0 aromatic heterocycles. The average Bonchev–Trinajstić information content (AvgIpc) is 2.39. The summed E-state index contributed by atoms with van der Waals surface area (Å²) in [5.74, 6) is 0.176. The number of carbonyl (C=O) groups excluding carboxylic acids is 1. The summed E-state index contributed by atoms with van der Waals surface area (Å²) < 4.78 is 0. The van der Waals surface area contributed by atoms with E-state index in [2.05, 4.69) is 24.5 Å². The van der Waals surface area contributed by atoms with Gasteiger partial charge in [-0.05, 0) is 19.4 Å². The lowest BCUT2D eigenvalue weighted by Crippen LogP contribution is -2.23. The monoisotopic (exact) mass is 270 g/mol. The molecule has 0 aromatic carbocycles. The van der Waals surface area contributed by atoms with Gasteiger partial charge >= 0.3 is 0 Å². The topological polar surface area (TPSA) is 41.1 Å². The van der Waals surface area contributed by atoms with Gasteiger partial charge in [0, 0.05) is 19.0 Å². The van der Waals surface area contributed by atoms with Crippen LogP contribution in [0.25, 0.3) is 0 Å². The maximum absolute atomic E-state index is 11.0. The molecule has 3 heteroatoms. The van der Waals surface area contributed by atoms with Gasteiger partial charge in [-0.15, -0.1) is 0 Å². The molecular formula is C16H34N2O. The van der Waals surface area contributed by atoms with Crippen LogP contribution in [0, 0.1) is 0 Å². The van der Waals surface area contributed by atoms with Gasteiger partial charge in [0.25, 0.3) is 0 Å². The van der Waals surface area contributed by atoms with Gasteiger partial charge in [0.05, 0.1) is 0 Å². The molecule has 1 amide bonds. The highest BCUT2D eigenvalue weighted by Crippen LogP contribution is 2.08. The molecule has 0 saturated carbocycles. The third-order valence-electron chi connectivity index (χ3n) is 3.30. The molecule has 0 saturated heterocycles. The molecule has 0 aliphatic rings. The van der Waals surface area contributed by atoms with E-state index in [0.29, 0.717) is 12.5 Å². The molecule has 0 radical (unpaired) electrons. The van der Waals surface area contributed by atoms with Crippen molar-refractivity contribution in [3.05, 3.63) is 0 Å². The van der Waals surface area contributed by atoms with Crippen LogP contribution in [0.5, 0.6) is 0 Å². The summed E-state index contributed by atoms with van der Waals surface area (Å²) in [6, 6.07) is 0.619. The highest BCUT2D eigenvalue weighted by atomic mass is 16.1. The number of hydrogen-bond donors (Lipinski definition) is 2. The first-order valence-electron chi connectivity index (χ1n) is 8.17. The molecule has 114 valence electrons. The fraction of sp³-hybridized carbons (Fsp3) is 0.938. The third kappa shape index (κ3) is 15.4. The Bertz CT molecular complexity index is 205. The lowest BCUT2D eigenvalue weighted by Gasteiger charge is -2.07. The van der Waals surface area contributed by atoms with E-state index in [1.807, 2.05) is 6.92 Å². The van der Waals surface area contributed by atoms with Gasteiger partial charge in [-0.25, -0.2) is 0 Å². The van der Waals surface area contributed by atoms with Crippen molar-refractivity contribution in [3.8, 4) is 0 Å². The summed E-state index contributed by atoms with van der Waals surface area (Å²) in [6.45, 7) is 8.31. The summed E-state index contributed by atoms with van der Waals surface area (Å²) in [6.07, 6.45) is 11.0. The normalized spacial score (nSPS) is 10.9. The van der Waals surface area contributed by atoms with Crippen LogP contribution in [0.3, 0.4) is 0 Å². The summed E-state index contributed by atoms with van der Waals surface area (Å²) in [5, 5.41) is 6.37. The highest BCUT2D eigenvalue weighted by molar-refractivity contribution is 5.75. The van der Waals surface area contributed by atoms with Gasteiger partial charge in [0.2, 0.25) is 5.91 Å². The molecule has 2 N–H and O–H groups in total. The fourth-order valence-corrected chi connectivity index (χ4v) is 2.05. The van der Waals surface area contributed by atoms with E-state index in [9.17, 15) is 4.79 Å². The van der Waals surface area contributed by atoms with E-state index in [1.54, 1.807) is 0 Å². The SMILES string of the molecule is CCC(=O)NCCCCCCCCCCNC(C)C. The first-order chi connectivity index (χ1) is 9.16. The zero-order chi connectivity index (χ0) is 14.3. The van der Waals surface area contributed by atoms with Crippen molar-refractivity contribution < 1.29 is 4.79 Å². The van der Waals surface area contributed by atoms with E-state index < -0.39 is 0 Å². The van der Waals surface area contributed by atoms with Gasteiger partial charge < -0.3 is 10.6 Å². The molecule has 0 atom stereocenters. The minimum Gasteiger partial charge on any atom is -0.356 e. The van der Waals surface area contributed by atoms with Crippen LogP contribution >= 0.6 is 0 Å². The van der Waals surface area contributed by atoms with Crippen molar-refractivity contribution in [1.82, 2.24) is 10.6 Å². The Morgan fingerprint density at radius 1 is 0.842 bits per heavy atom. The first-order valence-corrected chi connectivity index (χ1v) is 8.17. The predicted molar refractivity (Wildman–Crippen MR) is 83.4 cm³/mol. The zero-order valence-corrected chi connectivity index (χ0v) is 13.3. The second kappa shape index (κ2) is 13.9. The van der Waals surface area contributed by atoms with Crippen LogP contribution in [0.2, 0.25) is 0 Å². The van der Waals surface area contributed by atoms with Crippen LogP contribution in [0.1, 0.15) is 78.6 Å². The minimum absolute atomic E-state index is 0.176. The maximum atomic E-state index is 11.0. The van der Waals surface area contributed by atoms with E-state index in [1.165, 1.54) is 44.9 Å². The largest absolute Gasteiger partial charge is 0.356 e. The van der Waals surface area contributed by atoms with Gasteiger partial charge in [-0.1, -0.05) is 59.3 Å². The van der Waals surface area contributed by atoms with Crippen molar-refractivity contribution >= 4 is 5.91 Å². The Kier molecular flexibility index (Phi) is 13.4. The second-order valence-corrected chi connectivity index (χ2v) is 5.64. The standard InChI is InChI=1S/C16H34N2O/c1-4-16(19)18-14-12-10-8-6-5-7-9-11-13-17-15(2)3/h15,17H,4-14H2,1-3H3,(H,18,19). The van der Waals surface area contributed by atoms with Crippen LogP contribution in [0.15, 0.2) is 0 Å². The van der Waals surface area contributed by atoms with Crippen LogP contribution in [-0.4, -0.2) is 25.0 Å². The zero-order valence-electron chi connectivity index (χ0n) is 13.3. The molecule has 0 aliphatic heterocycles. The number of rotatable bonds is 13. The molecule has 0 aromatic rings. The molecule has 0 heterocycles. The molecule has 0 rings (SSSR count). The summed E-state index contributed by atoms with van der Waals surface area (Å²) in [7, 11) is 0. The fourth-order valence-electron chi connectivity index (χ4n) is 2.05. The Labute approximate surface area is 119 Å². The van der Waals surface area contributed by atoms with Crippen LogP contribution in [-0.2, 0) is 4.79 Å². The maximum Gasteiger partial charge on any atom is 0.219 e. The van der Waals surface area contributed by atoms with Crippen LogP contribution in [0.4, 0.5) is 0 Å². The predicted octanol–water partition coefficient (Wildman–Crippen LogP) is 3.63. The number of unbranched alkanes of at least 4 members (excludes halogenated alkanes) is 7. The minimum atomic E-state index is 0.176. The molecule has 0 spiro atoms. The van der Waals surface area contributed by atoms with Crippen molar-refractivity contribution in [2.24, 2.45) is 0 Å². The Morgan fingerprint density at radius 3 is 1.79 bits per heavy atom. The van der Waals surface area contributed by atoms with Crippen molar-refractivity contribution in [3.63, 3.8) is 0 Å². The Hall–Kier alpha value is -0.570. The highest BCUT2D eigenvalue weighted by Gasteiger charge is 1.96. The summed E-state index contributed by atoms with van der Waals surface area (Å²) in [5.41, 5.74) is 0. The number of hydrogen-bond acceptors (Lipinski definition) is 2. The molecule has 0 unspecified atom stereocenters. The number of amides is 1. The Morgan fingerprint density at radius 2 is 1.32 bits per heavy atom. The summed E-state index contributed by atoms with van der Waals surface area (Å²) >= 11 is 0. The third-order valence-corrected chi connectivity index (χ3v) is 3.30. The van der Waals surface area contributed by atoms with Crippen molar-refractivity contribution in [1.29, 1.82) is 0 Å². The van der Waals surface area contributed by atoms with Gasteiger partial charge in [-0.3, -0.25) is 4.79 Å². The lowest BCUT2D eigenvalue weighted by molar-refractivity contribution is -0.120. The summed E-state index contributed by atoms with van der Waals surface area (Å²) in [4.78, 5) is 11.0. The van der Waals surface area contributed by atoms with Crippen molar-refractivity contribution in [2.45, 2.75) is 84.6 Å². The van der Waals surface area contributed by atoms with E-state index in [-0.39, 0.29) is 5.91 Å². The smallest absolute Gasteiger partial charge is 0.219 e. The molecular weight excluding hydrogens is 236 g/mol. The molecule has 19 heavy (non-hydrogen) atoms. The molecule has 0 aliphatic carbocycles. The van der Waals surface area contributed by atoms with Gasteiger partial charge in [0.15, 0.2) is 0 Å². The van der Waals surface area contributed by atoms with Crippen molar-refractivity contribution in [2.75, 3.05) is 13.1 Å². The van der Waals surface area contributed by atoms with E-state index in [4.69, 9.17) is 0 Å². The molecule has 0 bridgehead atoms. The van der Waals surface area contributed by atoms with E-state index in [0.717, 1.165) is 19.5 Å². The quantitative estimate of drug-likeness (QED) is 0.502. The second-order valence-electron chi connectivity index (χ2n) is 5.64. The number of carbonyl (C=O) groups is 1. The van der Waals surface area contributed by atoms with Gasteiger partial charge in [0.1, 0.15) is 0 Å². The number of nitrogens with one attached hydrogen (secondary N) is 2. The van der Waals surface area contributed by atoms with Gasteiger partial charge in [-0.2, -0.15) is 0 Å². The average molecular weight is 270 g/mol. The lowest BCUT2D eigenvalue weighted by atomic mass is 10.1. The Balaban J connectivity index is 3.01. The first kappa shape index (κ1) is 18.4. The van der Waals surface area contributed by atoms with Crippen LogP contribution < -0.4 is 10.6 Å². The molecule has 3 nitrogen and oxygen atoms in total.